The average Bonchev–Trinajstić information content (AvgIpc) is 3.46. The minimum Gasteiger partial charge on any atom is -0.360 e. The molecule has 2 aliphatic rings. The van der Waals surface area contributed by atoms with Crippen molar-refractivity contribution in [1.82, 2.24) is 20.5 Å². The summed E-state index contributed by atoms with van der Waals surface area (Å²) in [5.41, 5.74) is 3.73. The zero-order chi connectivity index (χ0) is 21.4. The lowest BCUT2D eigenvalue weighted by Gasteiger charge is -2.22. The first-order valence-electron chi connectivity index (χ1n) is 10.5. The molecule has 7 heteroatoms. The molecule has 0 unspecified atom stereocenters. The quantitative estimate of drug-likeness (QED) is 0.600. The third kappa shape index (κ3) is 3.56. The van der Waals surface area contributed by atoms with E-state index in [0.717, 1.165) is 34.9 Å². The second kappa shape index (κ2) is 7.56. The second-order valence-corrected chi connectivity index (χ2v) is 8.21. The Morgan fingerprint density at radius 3 is 2.52 bits per heavy atom. The van der Waals surface area contributed by atoms with Gasteiger partial charge in [-0.3, -0.25) is 9.59 Å². The number of nitrogens with one attached hydrogen (secondary N) is 3. The number of fused-ring (bicyclic) bond motifs is 1. The lowest BCUT2D eigenvalue weighted by atomic mass is 10.0. The van der Waals surface area contributed by atoms with E-state index >= 15 is 0 Å². The first-order valence-corrected chi connectivity index (χ1v) is 10.5. The molecule has 1 saturated heterocycles. The SMILES string of the molecule is N#Cc1c[nH]c2ccc(-c3ccc(C(=O)N4CCNC(=O)C5(CC5)NCC4)cc3)cc12. The van der Waals surface area contributed by atoms with Gasteiger partial charge in [0, 0.05) is 48.8 Å². The van der Waals surface area contributed by atoms with Gasteiger partial charge in [-0.15, -0.1) is 0 Å². The van der Waals surface area contributed by atoms with Gasteiger partial charge in [0.1, 0.15) is 6.07 Å². The molecule has 5 rings (SSSR count). The van der Waals surface area contributed by atoms with Crippen molar-refractivity contribution in [2.45, 2.75) is 18.4 Å². The van der Waals surface area contributed by atoms with Gasteiger partial charge in [0.2, 0.25) is 5.91 Å². The third-order valence-electron chi connectivity index (χ3n) is 6.25. The van der Waals surface area contributed by atoms with E-state index in [1.807, 2.05) is 42.5 Å². The Morgan fingerprint density at radius 1 is 1.03 bits per heavy atom. The Bertz CT molecular complexity index is 1200. The largest absolute Gasteiger partial charge is 0.360 e. The van der Waals surface area contributed by atoms with Gasteiger partial charge in [0.15, 0.2) is 0 Å². The summed E-state index contributed by atoms with van der Waals surface area (Å²) in [6, 6.07) is 15.7. The smallest absolute Gasteiger partial charge is 0.253 e. The van der Waals surface area contributed by atoms with Gasteiger partial charge >= 0.3 is 0 Å². The van der Waals surface area contributed by atoms with E-state index in [1.54, 1.807) is 11.1 Å². The van der Waals surface area contributed by atoms with Crippen LogP contribution < -0.4 is 10.6 Å². The van der Waals surface area contributed by atoms with Crippen LogP contribution >= 0.6 is 0 Å². The number of benzene rings is 2. The lowest BCUT2D eigenvalue weighted by Crippen LogP contribution is -2.46. The van der Waals surface area contributed by atoms with Crippen LogP contribution in [0.4, 0.5) is 0 Å². The van der Waals surface area contributed by atoms with Gasteiger partial charge in [-0.05, 0) is 48.2 Å². The van der Waals surface area contributed by atoms with Crippen LogP contribution in [0, 0.1) is 11.3 Å². The van der Waals surface area contributed by atoms with E-state index in [9.17, 15) is 14.9 Å². The van der Waals surface area contributed by atoms with Crippen molar-refractivity contribution < 1.29 is 9.59 Å². The highest BCUT2D eigenvalue weighted by molar-refractivity contribution is 5.95. The van der Waals surface area contributed by atoms with Crippen LogP contribution in [0.25, 0.3) is 22.0 Å². The number of rotatable bonds is 2. The summed E-state index contributed by atoms with van der Waals surface area (Å²) in [7, 11) is 0. The summed E-state index contributed by atoms with van der Waals surface area (Å²) >= 11 is 0. The molecule has 0 radical (unpaired) electrons. The number of carbonyl (C=O) groups excluding carboxylic acids is 2. The maximum atomic E-state index is 13.1. The van der Waals surface area contributed by atoms with E-state index in [1.165, 1.54) is 0 Å². The highest BCUT2D eigenvalue weighted by Gasteiger charge is 2.49. The number of hydrogen-bond donors (Lipinski definition) is 3. The molecular formula is C24H23N5O2. The van der Waals surface area contributed by atoms with Gasteiger partial charge in [0.25, 0.3) is 5.91 Å². The Hall–Kier alpha value is -3.63. The molecule has 0 bridgehead atoms. The molecule has 156 valence electrons. The van der Waals surface area contributed by atoms with Crippen LogP contribution in [-0.4, -0.2) is 53.4 Å². The molecule has 3 N–H and O–H groups in total. The Balaban J connectivity index is 1.33. The zero-order valence-corrected chi connectivity index (χ0v) is 17.1. The number of hydrogen-bond acceptors (Lipinski definition) is 4. The van der Waals surface area contributed by atoms with Gasteiger partial charge in [-0.2, -0.15) is 5.26 Å². The van der Waals surface area contributed by atoms with Crippen molar-refractivity contribution in [3.63, 3.8) is 0 Å². The van der Waals surface area contributed by atoms with Crippen LogP contribution in [0.3, 0.4) is 0 Å². The van der Waals surface area contributed by atoms with Crippen LogP contribution in [0.15, 0.2) is 48.7 Å². The molecule has 31 heavy (non-hydrogen) atoms. The Kier molecular flexibility index (Phi) is 4.72. The van der Waals surface area contributed by atoms with Gasteiger partial charge < -0.3 is 20.5 Å². The minimum atomic E-state index is -0.410. The standard InChI is InChI=1S/C24H23N5O2/c25-14-19-15-27-21-6-5-18(13-20(19)21)16-1-3-17(4-2-16)22(30)29-11-9-26-23(31)24(7-8-24)28-10-12-29/h1-6,13,15,27-28H,7-12H2,(H,26,31). The van der Waals surface area contributed by atoms with Crippen LogP contribution in [0.2, 0.25) is 0 Å². The molecule has 2 fully saturated rings. The number of amides is 2. The lowest BCUT2D eigenvalue weighted by molar-refractivity contribution is -0.124. The molecule has 3 aromatic rings. The molecule has 7 nitrogen and oxygen atoms in total. The average molecular weight is 413 g/mol. The van der Waals surface area contributed by atoms with E-state index in [4.69, 9.17) is 0 Å². The number of aromatic nitrogens is 1. The first-order chi connectivity index (χ1) is 15.1. The van der Waals surface area contributed by atoms with Crippen LogP contribution in [0.5, 0.6) is 0 Å². The molecule has 1 spiro atoms. The van der Waals surface area contributed by atoms with Crippen molar-refractivity contribution >= 4 is 22.7 Å². The number of carbonyl (C=O) groups is 2. The Labute approximate surface area is 180 Å². The van der Waals surface area contributed by atoms with Crippen molar-refractivity contribution in [2.75, 3.05) is 26.2 Å². The Morgan fingerprint density at radius 2 is 1.77 bits per heavy atom. The molecule has 1 aromatic heterocycles. The minimum absolute atomic E-state index is 0.0396. The topological polar surface area (TPSA) is 101 Å². The summed E-state index contributed by atoms with van der Waals surface area (Å²) in [6.07, 6.45) is 3.43. The maximum Gasteiger partial charge on any atom is 0.253 e. The van der Waals surface area contributed by atoms with E-state index in [0.29, 0.717) is 37.3 Å². The summed E-state index contributed by atoms with van der Waals surface area (Å²) in [4.78, 5) is 30.2. The number of aromatic amines is 1. The van der Waals surface area contributed by atoms with E-state index in [-0.39, 0.29) is 11.8 Å². The number of nitriles is 1. The summed E-state index contributed by atoms with van der Waals surface area (Å²) in [6.45, 7) is 2.13. The molecule has 1 saturated carbocycles. The van der Waals surface area contributed by atoms with Crippen molar-refractivity contribution in [2.24, 2.45) is 0 Å². The monoisotopic (exact) mass is 413 g/mol. The molecule has 1 aliphatic heterocycles. The van der Waals surface area contributed by atoms with Gasteiger partial charge in [0.05, 0.1) is 11.1 Å². The van der Waals surface area contributed by atoms with Crippen molar-refractivity contribution in [3.05, 3.63) is 59.8 Å². The van der Waals surface area contributed by atoms with Crippen molar-refractivity contribution in [3.8, 4) is 17.2 Å². The molecule has 2 aromatic carbocycles. The molecular weight excluding hydrogens is 390 g/mol. The van der Waals surface area contributed by atoms with Crippen LogP contribution in [-0.2, 0) is 4.79 Å². The highest BCUT2D eigenvalue weighted by atomic mass is 16.2. The molecule has 0 atom stereocenters. The zero-order valence-electron chi connectivity index (χ0n) is 17.1. The first kappa shape index (κ1) is 19.3. The van der Waals surface area contributed by atoms with E-state index < -0.39 is 5.54 Å². The predicted octanol–water partition coefficient (Wildman–Crippen LogP) is 2.40. The summed E-state index contributed by atoms with van der Waals surface area (Å²) < 4.78 is 0. The highest BCUT2D eigenvalue weighted by Crippen LogP contribution is 2.35. The second-order valence-electron chi connectivity index (χ2n) is 8.21. The van der Waals surface area contributed by atoms with Gasteiger partial charge in [-0.1, -0.05) is 18.2 Å². The van der Waals surface area contributed by atoms with Crippen molar-refractivity contribution in [1.29, 1.82) is 5.26 Å². The maximum absolute atomic E-state index is 13.1. The number of H-pyrrole nitrogens is 1. The normalized spacial score (nSPS) is 18.0. The van der Waals surface area contributed by atoms with E-state index in [2.05, 4.69) is 21.7 Å². The number of nitrogens with zero attached hydrogens (tertiary/aromatic N) is 2. The molecule has 2 amide bonds. The summed E-state index contributed by atoms with van der Waals surface area (Å²) in [5.74, 6) is 0.00676. The predicted molar refractivity (Wildman–Crippen MR) is 117 cm³/mol. The summed E-state index contributed by atoms with van der Waals surface area (Å²) in [5, 5.41) is 16.4. The fourth-order valence-corrected chi connectivity index (χ4v) is 4.21. The molecule has 1 aliphatic carbocycles. The van der Waals surface area contributed by atoms with Gasteiger partial charge in [-0.25, -0.2) is 0 Å². The molecule has 2 heterocycles. The fourth-order valence-electron chi connectivity index (χ4n) is 4.21. The van der Waals surface area contributed by atoms with Crippen LogP contribution in [0.1, 0.15) is 28.8 Å². The third-order valence-corrected chi connectivity index (χ3v) is 6.25. The fraction of sp³-hybridized carbons (Fsp3) is 0.292.